The van der Waals surface area contributed by atoms with E-state index in [1.165, 1.54) is 7.11 Å². The van der Waals surface area contributed by atoms with Gasteiger partial charge in [-0.25, -0.2) is 0 Å². The number of ether oxygens (including phenoxy) is 2. The number of carbonyl (C=O) groups is 1. The summed E-state index contributed by atoms with van der Waals surface area (Å²) >= 11 is 0. The van der Waals surface area contributed by atoms with Crippen LogP contribution in [0.5, 0.6) is 11.5 Å². The van der Waals surface area contributed by atoms with Crippen molar-refractivity contribution in [1.29, 1.82) is 0 Å². The van der Waals surface area contributed by atoms with Crippen molar-refractivity contribution in [2.24, 2.45) is 5.73 Å². The van der Waals surface area contributed by atoms with Gasteiger partial charge in [0.1, 0.15) is 17.2 Å². The molecule has 7 nitrogen and oxygen atoms in total. The molecule has 0 aliphatic carbocycles. The van der Waals surface area contributed by atoms with E-state index >= 15 is 0 Å². The summed E-state index contributed by atoms with van der Waals surface area (Å²) in [4.78, 5) is 11.2. The van der Waals surface area contributed by atoms with Gasteiger partial charge < -0.3 is 15.2 Å². The Balaban J connectivity index is 2.61. The minimum Gasteiger partial charge on any atom is -0.497 e. The fourth-order valence-electron chi connectivity index (χ4n) is 1.59. The summed E-state index contributed by atoms with van der Waals surface area (Å²) in [6.07, 6.45) is 0. The third kappa shape index (κ3) is 1.97. The lowest BCUT2D eigenvalue weighted by atomic mass is 10.1. The largest absolute Gasteiger partial charge is 0.497 e. The molecule has 2 rings (SSSR count). The van der Waals surface area contributed by atoms with E-state index in [0.717, 1.165) is 0 Å². The van der Waals surface area contributed by atoms with Crippen molar-refractivity contribution >= 4 is 5.91 Å². The summed E-state index contributed by atoms with van der Waals surface area (Å²) in [5, 5.41) is 10.0. The van der Waals surface area contributed by atoms with Crippen molar-refractivity contribution in [1.82, 2.24) is 15.4 Å². The molecule has 0 spiro atoms. The molecule has 0 atom stereocenters. The van der Waals surface area contributed by atoms with Crippen LogP contribution in [0.1, 0.15) is 10.5 Å². The monoisotopic (exact) mass is 248 g/mol. The molecule has 7 heteroatoms. The quantitative estimate of drug-likeness (QED) is 0.824. The Morgan fingerprint density at radius 3 is 2.67 bits per heavy atom. The molecule has 94 valence electrons. The summed E-state index contributed by atoms with van der Waals surface area (Å²) < 4.78 is 10.3. The Morgan fingerprint density at radius 1 is 1.28 bits per heavy atom. The van der Waals surface area contributed by atoms with E-state index in [1.54, 1.807) is 25.3 Å². The summed E-state index contributed by atoms with van der Waals surface area (Å²) in [7, 11) is 3.07. The van der Waals surface area contributed by atoms with Gasteiger partial charge in [0.25, 0.3) is 5.91 Å². The fourth-order valence-corrected chi connectivity index (χ4v) is 1.59. The second-order valence-electron chi connectivity index (χ2n) is 3.45. The Labute approximate surface area is 103 Å². The zero-order valence-corrected chi connectivity index (χ0v) is 9.93. The van der Waals surface area contributed by atoms with Crippen molar-refractivity contribution in [3.63, 3.8) is 0 Å². The van der Waals surface area contributed by atoms with E-state index in [-0.39, 0.29) is 5.69 Å². The van der Waals surface area contributed by atoms with Gasteiger partial charge in [0.15, 0.2) is 5.69 Å². The van der Waals surface area contributed by atoms with Gasteiger partial charge in [-0.15, -0.1) is 0 Å². The molecule has 2 aromatic rings. The van der Waals surface area contributed by atoms with Crippen LogP contribution in [0.4, 0.5) is 0 Å². The Bertz CT molecular complexity index is 579. The average Bonchev–Trinajstić information content (AvgIpc) is 2.87. The maximum atomic E-state index is 11.2. The summed E-state index contributed by atoms with van der Waals surface area (Å²) in [6, 6.07) is 5.16. The molecular formula is C11H12N4O3. The molecular weight excluding hydrogens is 236 g/mol. The molecule has 3 N–H and O–H groups in total. The first-order valence-electron chi connectivity index (χ1n) is 5.10. The number of hydrogen-bond acceptors (Lipinski definition) is 5. The van der Waals surface area contributed by atoms with Gasteiger partial charge in [-0.3, -0.25) is 4.79 Å². The number of nitrogens with two attached hydrogens (primary N) is 1. The molecule has 1 aromatic heterocycles. The summed E-state index contributed by atoms with van der Waals surface area (Å²) in [5.74, 6) is 0.500. The molecule has 0 radical (unpaired) electrons. The third-order valence-electron chi connectivity index (χ3n) is 2.44. The summed E-state index contributed by atoms with van der Waals surface area (Å²) in [5.41, 5.74) is 6.20. The van der Waals surface area contributed by atoms with E-state index in [0.29, 0.717) is 22.8 Å². The van der Waals surface area contributed by atoms with Crippen molar-refractivity contribution in [2.45, 2.75) is 0 Å². The van der Waals surface area contributed by atoms with Crippen LogP contribution in [0.15, 0.2) is 18.2 Å². The number of primary amides is 1. The number of aromatic nitrogens is 3. The van der Waals surface area contributed by atoms with Crippen LogP contribution in [0.25, 0.3) is 11.3 Å². The van der Waals surface area contributed by atoms with E-state index in [1.807, 2.05) is 0 Å². The molecule has 0 aliphatic heterocycles. The Morgan fingerprint density at radius 2 is 2.06 bits per heavy atom. The zero-order chi connectivity index (χ0) is 13.1. The maximum Gasteiger partial charge on any atom is 0.271 e. The minimum absolute atomic E-state index is 0.0570. The van der Waals surface area contributed by atoms with Crippen molar-refractivity contribution < 1.29 is 14.3 Å². The standard InChI is InChI=1S/C11H12N4O3/c1-17-6-3-4-8(18-2)7(5-6)9-10(11(12)16)14-15-13-9/h3-5H,1-2H3,(H2,12,16)(H,13,14,15). The van der Waals surface area contributed by atoms with Crippen LogP contribution in [-0.2, 0) is 0 Å². The van der Waals surface area contributed by atoms with Crippen LogP contribution in [0.2, 0.25) is 0 Å². The van der Waals surface area contributed by atoms with E-state index in [4.69, 9.17) is 15.2 Å². The second kappa shape index (κ2) is 4.74. The van der Waals surface area contributed by atoms with Crippen LogP contribution >= 0.6 is 0 Å². The number of H-pyrrole nitrogens is 1. The van der Waals surface area contributed by atoms with Crippen LogP contribution in [-0.4, -0.2) is 35.5 Å². The van der Waals surface area contributed by atoms with Gasteiger partial charge in [0.2, 0.25) is 0 Å². The minimum atomic E-state index is -0.663. The molecule has 1 amide bonds. The predicted octanol–water partition coefficient (Wildman–Crippen LogP) is 0.588. The van der Waals surface area contributed by atoms with Gasteiger partial charge in [0.05, 0.1) is 19.8 Å². The number of benzene rings is 1. The smallest absolute Gasteiger partial charge is 0.271 e. The Kier molecular flexibility index (Phi) is 3.13. The number of rotatable bonds is 4. The molecule has 0 saturated carbocycles. The van der Waals surface area contributed by atoms with Crippen LogP contribution < -0.4 is 15.2 Å². The van der Waals surface area contributed by atoms with E-state index in [2.05, 4.69) is 15.4 Å². The number of amides is 1. The number of nitrogens with zero attached hydrogens (tertiary/aromatic N) is 2. The molecule has 0 unspecified atom stereocenters. The fraction of sp³-hybridized carbons (Fsp3) is 0.182. The highest BCUT2D eigenvalue weighted by atomic mass is 16.5. The molecule has 0 saturated heterocycles. The lowest BCUT2D eigenvalue weighted by Gasteiger charge is -2.08. The molecule has 18 heavy (non-hydrogen) atoms. The first-order valence-corrected chi connectivity index (χ1v) is 5.10. The van der Waals surface area contributed by atoms with Crippen molar-refractivity contribution in [3.05, 3.63) is 23.9 Å². The zero-order valence-electron chi connectivity index (χ0n) is 9.93. The molecule has 1 heterocycles. The molecule has 1 aromatic carbocycles. The number of methoxy groups -OCH3 is 2. The van der Waals surface area contributed by atoms with Gasteiger partial charge >= 0.3 is 0 Å². The number of hydrogen-bond donors (Lipinski definition) is 2. The third-order valence-corrected chi connectivity index (χ3v) is 2.44. The summed E-state index contributed by atoms with van der Waals surface area (Å²) in [6.45, 7) is 0. The van der Waals surface area contributed by atoms with Gasteiger partial charge in [-0.1, -0.05) is 0 Å². The Hall–Kier alpha value is -2.57. The average molecular weight is 248 g/mol. The molecule has 0 aliphatic rings. The number of aromatic amines is 1. The second-order valence-corrected chi connectivity index (χ2v) is 3.45. The highest BCUT2D eigenvalue weighted by Crippen LogP contribution is 2.33. The van der Waals surface area contributed by atoms with Crippen LogP contribution in [0, 0.1) is 0 Å². The normalized spacial score (nSPS) is 10.1. The van der Waals surface area contributed by atoms with Gasteiger partial charge in [-0.2, -0.15) is 15.4 Å². The van der Waals surface area contributed by atoms with Crippen molar-refractivity contribution in [2.75, 3.05) is 14.2 Å². The molecule has 0 bridgehead atoms. The molecule has 0 fully saturated rings. The predicted molar refractivity (Wildman–Crippen MR) is 63.4 cm³/mol. The number of nitrogens with one attached hydrogen (secondary N) is 1. The SMILES string of the molecule is COc1ccc(OC)c(-c2n[nH]nc2C(N)=O)c1. The van der Waals surface area contributed by atoms with E-state index < -0.39 is 5.91 Å². The van der Waals surface area contributed by atoms with Gasteiger partial charge in [0, 0.05) is 0 Å². The highest BCUT2D eigenvalue weighted by Gasteiger charge is 2.19. The lowest BCUT2D eigenvalue weighted by Crippen LogP contribution is -2.13. The maximum absolute atomic E-state index is 11.2. The lowest BCUT2D eigenvalue weighted by molar-refractivity contribution is 0.0996. The van der Waals surface area contributed by atoms with E-state index in [9.17, 15) is 4.79 Å². The topological polar surface area (TPSA) is 103 Å². The van der Waals surface area contributed by atoms with Crippen LogP contribution in [0.3, 0.4) is 0 Å². The highest BCUT2D eigenvalue weighted by molar-refractivity contribution is 5.97. The number of carbonyl (C=O) groups excluding carboxylic acids is 1. The first-order chi connectivity index (χ1) is 8.67. The van der Waals surface area contributed by atoms with Gasteiger partial charge in [-0.05, 0) is 18.2 Å². The first kappa shape index (κ1) is 11.9. The van der Waals surface area contributed by atoms with Crippen molar-refractivity contribution in [3.8, 4) is 22.8 Å².